The largest absolute Gasteiger partial charge is 0.454 e. The summed E-state index contributed by atoms with van der Waals surface area (Å²) in [5, 5.41) is 14.1. The molecular weight excluding hydrogens is 325 g/mol. The molecule has 0 bridgehead atoms. The molecule has 3 aromatic rings. The first kappa shape index (κ1) is 15.1. The van der Waals surface area contributed by atoms with E-state index in [1.54, 1.807) is 12.1 Å². The van der Waals surface area contributed by atoms with Crippen molar-refractivity contribution in [2.45, 2.75) is 6.54 Å². The first-order valence-electron chi connectivity index (χ1n) is 7.61. The molecule has 0 unspecified atom stereocenters. The fourth-order valence-electron chi connectivity index (χ4n) is 2.34. The standard InChI is InChI=1S/C17H14FN5O2/c18-12-3-1-11(2-4-12)8-19-17-22-16(9-20-23-17)21-13-5-6-14-15(7-13)25-10-24-14/h1-7,9H,8,10H2,(H2,19,21,22,23). The number of ether oxygens (including phenoxy) is 2. The Balaban J connectivity index is 1.43. The second-order valence-corrected chi connectivity index (χ2v) is 5.34. The second-order valence-electron chi connectivity index (χ2n) is 5.34. The van der Waals surface area contributed by atoms with Crippen LogP contribution >= 0.6 is 0 Å². The van der Waals surface area contributed by atoms with Gasteiger partial charge in [-0.25, -0.2) is 4.39 Å². The Morgan fingerprint density at radius 3 is 2.76 bits per heavy atom. The van der Waals surface area contributed by atoms with E-state index in [4.69, 9.17) is 9.47 Å². The van der Waals surface area contributed by atoms with E-state index in [-0.39, 0.29) is 12.6 Å². The van der Waals surface area contributed by atoms with Crippen LogP contribution in [0.2, 0.25) is 0 Å². The normalized spacial score (nSPS) is 12.0. The first-order valence-corrected chi connectivity index (χ1v) is 7.61. The number of anilines is 3. The number of aromatic nitrogens is 3. The van der Waals surface area contributed by atoms with Crippen LogP contribution in [-0.2, 0) is 6.54 Å². The summed E-state index contributed by atoms with van der Waals surface area (Å²) in [6.07, 6.45) is 1.52. The van der Waals surface area contributed by atoms with Gasteiger partial charge in [-0.2, -0.15) is 10.1 Å². The van der Waals surface area contributed by atoms with Crippen molar-refractivity contribution < 1.29 is 13.9 Å². The molecule has 0 aliphatic carbocycles. The van der Waals surface area contributed by atoms with Gasteiger partial charge >= 0.3 is 0 Å². The van der Waals surface area contributed by atoms with Crippen LogP contribution in [0.15, 0.2) is 48.7 Å². The zero-order chi connectivity index (χ0) is 17.1. The van der Waals surface area contributed by atoms with E-state index in [2.05, 4.69) is 25.8 Å². The molecule has 0 radical (unpaired) electrons. The van der Waals surface area contributed by atoms with Crippen LogP contribution in [0.4, 0.5) is 21.8 Å². The number of nitrogens with zero attached hydrogens (tertiary/aromatic N) is 3. The Kier molecular flexibility index (Phi) is 3.99. The molecule has 2 aromatic carbocycles. The summed E-state index contributed by atoms with van der Waals surface area (Å²) < 4.78 is 23.5. The van der Waals surface area contributed by atoms with Crippen molar-refractivity contribution in [2.24, 2.45) is 0 Å². The summed E-state index contributed by atoms with van der Waals surface area (Å²) in [7, 11) is 0. The minimum Gasteiger partial charge on any atom is -0.454 e. The van der Waals surface area contributed by atoms with E-state index in [9.17, 15) is 4.39 Å². The van der Waals surface area contributed by atoms with Gasteiger partial charge < -0.3 is 20.1 Å². The molecule has 0 spiro atoms. The third-order valence-corrected chi connectivity index (χ3v) is 3.57. The van der Waals surface area contributed by atoms with E-state index in [0.29, 0.717) is 29.8 Å². The number of fused-ring (bicyclic) bond motifs is 1. The van der Waals surface area contributed by atoms with E-state index in [1.807, 2.05) is 18.2 Å². The summed E-state index contributed by atoms with van der Waals surface area (Å²) in [6, 6.07) is 11.7. The number of halogens is 1. The summed E-state index contributed by atoms with van der Waals surface area (Å²) in [6.45, 7) is 0.695. The fourth-order valence-corrected chi connectivity index (χ4v) is 2.34. The van der Waals surface area contributed by atoms with Crippen LogP contribution in [-0.4, -0.2) is 22.0 Å². The van der Waals surface area contributed by atoms with Crippen molar-refractivity contribution in [2.75, 3.05) is 17.4 Å². The molecule has 25 heavy (non-hydrogen) atoms. The molecule has 0 atom stereocenters. The highest BCUT2D eigenvalue weighted by molar-refractivity contribution is 5.61. The molecule has 1 aliphatic rings. The maximum Gasteiger partial charge on any atom is 0.244 e. The average molecular weight is 339 g/mol. The summed E-state index contributed by atoms with van der Waals surface area (Å²) in [5.74, 6) is 2.04. The van der Waals surface area contributed by atoms with Crippen LogP contribution in [0.3, 0.4) is 0 Å². The molecule has 0 fully saturated rings. The minimum absolute atomic E-state index is 0.227. The third-order valence-electron chi connectivity index (χ3n) is 3.57. The molecule has 2 heterocycles. The average Bonchev–Trinajstić information content (AvgIpc) is 3.09. The molecule has 7 nitrogen and oxygen atoms in total. The van der Waals surface area contributed by atoms with Crippen molar-refractivity contribution in [1.82, 2.24) is 15.2 Å². The minimum atomic E-state index is -0.267. The van der Waals surface area contributed by atoms with Gasteiger partial charge in [0.1, 0.15) is 5.82 Å². The smallest absolute Gasteiger partial charge is 0.244 e. The van der Waals surface area contributed by atoms with Gasteiger partial charge in [0.15, 0.2) is 17.3 Å². The van der Waals surface area contributed by atoms with Gasteiger partial charge in [-0.15, -0.1) is 5.10 Å². The summed E-state index contributed by atoms with van der Waals surface area (Å²) in [5.41, 5.74) is 1.72. The number of nitrogens with one attached hydrogen (secondary N) is 2. The quantitative estimate of drug-likeness (QED) is 0.739. The second kappa shape index (κ2) is 6.60. The first-order chi connectivity index (χ1) is 12.3. The van der Waals surface area contributed by atoms with Gasteiger partial charge in [-0.05, 0) is 29.8 Å². The maximum absolute atomic E-state index is 12.9. The zero-order valence-electron chi connectivity index (χ0n) is 13.1. The van der Waals surface area contributed by atoms with Crippen LogP contribution in [0.1, 0.15) is 5.56 Å². The van der Waals surface area contributed by atoms with Crippen molar-refractivity contribution in [3.05, 3.63) is 60.0 Å². The molecule has 2 N–H and O–H groups in total. The van der Waals surface area contributed by atoms with Crippen molar-refractivity contribution in [1.29, 1.82) is 0 Å². The molecule has 8 heteroatoms. The number of benzene rings is 2. The van der Waals surface area contributed by atoms with Crippen LogP contribution in [0, 0.1) is 5.82 Å². The van der Waals surface area contributed by atoms with Crippen molar-refractivity contribution in [3.63, 3.8) is 0 Å². The SMILES string of the molecule is Fc1ccc(CNc2nncc(Nc3ccc4c(c3)OCO4)n2)cc1. The Morgan fingerprint density at radius 2 is 1.88 bits per heavy atom. The number of hydrogen-bond acceptors (Lipinski definition) is 7. The lowest BCUT2D eigenvalue weighted by Gasteiger charge is -2.08. The topological polar surface area (TPSA) is 81.2 Å². The van der Waals surface area contributed by atoms with Gasteiger partial charge in [-0.1, -0.05) is 12.1 Å². The van der Waals surface area contributed by atoms with E-state index in [1.165, 1.54) is 18.3 Å². The van der Waals surface area contributed by atoms with E-state index >= 15 is 0 Å². The Morgan fingerprint density at radius 1 is 1.04 bits per heavy atom. The molecule has 1 aliphatic heterocycles. The predicted molar refractivity (Wildman–Crippen MR) is 89.4 cm³/mol. The molecular formula is C17H14FN5O2. The highest BCUT2D eigenvalue weighted by atomic mass is 19.1. The molecule has 0 saturated heterocycles. The molecule has 0 saturated carbocycles. The summed E-state index contributed by atoms with van der Waals surface area (Å²) >= 11 is 0. The lowest BCUT2D eigenvalue weighted by Crippen LogP contribution is -2.06. The van der Waals surface area contributed by atoms with Crippen LogP contribution < -0.4 is 20.1 Å². The van der Waals surface area contributed by atoms with Gasteiger partial charge in [0, 0.05) is 18.3 Å². The molecule has 4 rings (SSSR count). The van der Waals surface area contributed by atoms with Gasteiger partial charge in [0.2, 0.25) is 12.7 Å². The van der Waals surface area contributed by atoms with Crippen molar-refractivity contribution >= 4 is 17.5 Å². The third kappa shape index (κ3) is 3.57. The Hall–Kier alpha value is -3.42. The molecule has 126 valence electrons. The fraction of sp³-hybridized carbons (Fsp3) is 0.118. The van der Waals surface area contributed by atoms with Crippen LogP contribution in [0.5, 0.6) is 11.5 Å². The number of hydrogen-bond donors (Lipinski definition) is 2. The Labute approximate surface area is 142 Å². The lowest BCUT2D eigenvalue weighted by molar-refractivity contribution is 0.174. The molecule has 0 amide bonds. The van der Waals surface area contributed by atoms with Crippen molar-refractivity contribution in [3.8, 4) is 11.5 Å². The zero-order valence-corrected chi connectivity index (χ0v) is 13.1. The monoisotopic (exact) mass is 339 g/mol. The van der Waals surface area contributed by atoms with E-state index in [0.717, 1.165) is 11.3 Å². The highest BCUT2D eigenvalue weighted by Gasteiger charge is 2.13. The van der Waals surface area contributed by atoms with Gasteiger partial charge in [-0.3, -0.25) is 0 Å². The Bertz CT molecular complexity index is 888. The summed E-state index contributed by atoms with van der Waals surface area (Å²) in [4.78, 5) is 4.35. The highest BCUT2D eigenvalue weighted by Crippen LogP contribution is 2.34. The predicted octanol–water partition coefficient (Wildman–Crippen LogP) is 3.10. The molecule has 1 aromatic heterocycles. The number of rotatable bonds is 5. The van der Waals surface area contributed by atoms with Gasteiger partial charge in [0.25, 0.3) is 0 Å². The van der Waals surface area contributed by atoms with Crippen LogP contribution in [0.25, 0.3) is 0 Å². The lowest BCUT2D eigenvalue weighted by atomic mass is 10.2. The maximum atomic E-state index is 12.9. The van der Waals surface area contributed by atoms with Gasteiger partial charge in [0.05, 0.1) is 6.20 Å². The van der Waals surface area contributed by atoms with E-state index < -0.39 is 0 Å².